The van der Waals surface area contributed by atoms with Crippen LogP contribution in [0.3, 0.4) is 0 Å². The summed E-state index contributed by atoms with van der Waals surface area (Å²) in [5.41, 5.74) is 2.57. The van der Waals surface area contributed by atoms with Crippen molar-refractivity contribution in [2.24, 2.45) is 0 Å². The van der Waals surface area contributed by atoms with Crippen LogP contribution in [-0.2, 0) is 4.74 Å². The van der Waals surface area contributed by atoms with Crippen molar-refractivity contribution in [3.05, 3.63) is 35.4 Å². The summed E-state index contributed by atoms with van der Waals surface area (Å²) >= 11 is 0. The van der Waals surface area contributed by atoms with E-state index in [2.05, 4.69) is 64.2 Å². The fraction of sp³-hybridized carbons (Fsp3) is 0.625. The van der Waals surface area contributed by atoms with Crippen molar-refractivity contribution in [2.45, 2.75) is 58.7 Å². The van der Waals surface area contributed by atoms with Crippen LogP contribution in [0.1, 0.15) is 51.3 Å². The average Bonchev–Trinajstić information content (AvgIpc) is 2.29. The molecule has 1 N–H and O–H groups in total. The number of rotatable bonds is 6. The highest BCUT2D eigenvalue weighted by molar-refractivity contribution is 5.23. The number of hydrogen-bond donors (Lipinski definition) is 1. The molecule has 0 amide bonds. The summed E-state index contributed by atoms with van der Waals surface area (Å²) in [5.74, 6) is 0. The lowest BCUT2D eigenvalue weighted by molar-refractivity contribution is 0.00782. The molecule has 2 nitrogen and oxygen atoms in total. The minimum absolute atomic E-state index is 0.0700. The molecule has 2 heteroatoms. The third kappa shape index (κ3) is 4.79. The van der Waals surface area contributed by atoms with Gasteiger partial charge in [-0.2, -0.15) is 0 Å². The molecule has 0 spiro atoms. The number of ether oxygens (including phenoxy) is 1. The Morgan fingerprint density at radius 1 is 1.17 bits per heavy atom. The van der Waals surface area contributed by atoms with Crippen LogP contribution in [-0.4, -0.2) is 18.8 Å². The van der Waals surface area contributed by atoms with E-state index >= 15 is 0 Å². The highest BCUT2D eigenvalue weighted by atomic mass is 16.5. The number of aryl methyl sites for hydroxylation is 1. The molecule has 1 aromatic rings. The van der Waals surface area contributed by atoms with Crippen molar-refractivity contribution < 1.29 is 4.74 Å². The molecule has 0 fully saturated rings. The van der Waals surface area contributed by atoms with Crippen LogP contribution in [0.15, 0.2) is 24.3 Å². The quantitative estimate of drug-likeness (QED) is 0.827. The molecule has 0 saturated carbocycles. The van der Waals surface area contributed by atoms with Crippen molar-refractivity contribution in [1.82, 2.24) is 5.32 Å². The van der Waals surface area contributed by atoms with E-state index in [9.17, 15) is 0 Å². The predicted octanol–water partition coefficient (Wildman–Crippen LogP) is 3.85. The summed E-state index contributed by atoms with van der Waals surface area (Å²) in [6.07, 6.45) is 1.000. The third-order valence-corrected chi connectivity index (χ3v) is 3.46. The molecule has 0 saturated heterocycles. The maximum absolute atomic E-state index is 5.47. The van der Waals surface area contributed by atoms with Crippen molar-refractivity contribution in [1.29, 1.82) is 0 Å². The number of nitrogens with one attached hydrogen (secondary N) is 1. The van der Waals surface area contributed by atoms with Gasteiger partial charge in [0.05, 0.1) is 5.60 Å². The van der Waals surface area contributed by atoms with Crippen molar-refractivity contribution >= 4 is 0 Å². The molecule has 0 aliphatic rings. The molecule has 0 radical (unpaired) electrons. The van der Waals surface area contributed by atoms with Crippen LogP contribution < -0.4 is 5.32 Å². The average molecular weight is 249 g/mol. The molecule has 0 aromatic heterocycles. The van der Waals surface area contributed by atoms with Gasteiger partial charge < -0.3 is 10.1 Å². The van der Waals surface area contributed by atoms with Crippen molar-refractivity contribution in [3.63, 3.8) is 0 Å². The third-order valence-electron chi connectivity index (χ3n) is 3.46. The second-order valence-corrected chi connectivity index (χ2v) is 5.87. The van der Waals surface area contributed by atoms with Gasteiger partial charge in [0.2, 0.25) is 0 Å². The van der Waals surface area contributed by atoms with Gasteiger partial charge in [-0.05, 0) is 46.6 Å². The van der Waals surface area contributed by atoms with Gasteiger partial charge >= 0.3 is 0 Å². The van der Waals surface area contributed by atoms with Crippen molar-refractivity contribution in [2.75, 3.05) is 7.11 Å². The smallest absolute Gasteiger partial charge is 0.0637 e. The largest absolute Gasteiger partial charge is 0.379 e. The van der Waals surface area contributed by atoms with Crippen LogP contribution in [0.25, 0.3) is 0 Å². The summed E-state index contributed by atoms with van der Waals surface area (Å²) in [6.45, 7) is 10.8. The minimum Gasteiger partial charge on any atom is -0.379 e. The maximum atomic E-state index is 5.47. The first kappa shape index (κ1) is 15.2. The molecule has 0 heterocycles. The Hall–Kier alpha value is -0.860. The lowest BCUT2D eigenvalue weighted by atomic mass is 9.98. The Kier molecular flexibility index (Phi) is 5.36. The number of methoxy groups -OCH3 is 1. The van der Waals surface area contributed by atoms with Gasteiger partial charge in [-0.3, -0.25) is 0 Å². The van der Waals surface area contributed by atoms with Gasteiger partial charge in [0, 0.05) is 19.2 Å². The van der Waals surface area contributed by atoms with E-state index in [0.29, 0.717) is 12.1 Å². The zero-order valence-electron chi connectivity index (χ0n) is 12.6. The van der Waals surface area contributed by atoms with Crippen LogP contribution in [0.4, 0.5) is 0 Å². The van der Waals surface area contributed by atoms with E-state index in [4.69, 9.17) is 4.74 Å². The molecule has 0 bridgehead atoms. The van der Waals surface area contributed by atoms with Gasteiger partial charge in [0.15, 0.2) is 0 Å². The molecular weight excluding hydrogens is 222 g/mol. The Bertz CT molecular complexity index is 356. The Morgan fingerprint density at radius 3 is 2.22 bits per heavy atom. The Morgan fingerprint density at radius 2 is 1.72 bits per heavy atom. The van der Waals surface area contributed by atoms with Crippen LogP contribution >= 0.6 is 0 Å². The highest BCUT2D eigenvalue weighted by Crippen LogP contribution is 2.19. The topological polar surface area (TPSA) is 21.3 Å². The predicted molar refractivity (Wildman–Crippen MR) is 77.9 cm³/mol. The zero-order valence-corrected chi connectivity index (χ0v) is 12.6. The van der Waals surface area contributed by atoms with Crippen molar-refractivity contribution in [3.8, 4) is 0 Å². The fourth-order valence-electron chi connectivity index (χ4n) is 2.26. The fourth-order valence-corrected chi connectivity index (χ4v) is 2.26. The van der Waals surface area contributed by atoms with E-state index in [-0.39, 0.29) is 5.60 Å². The molecule has 1 aromatic carbocycles. The van der Waals surface area contributed by atoms with Gasteiger partial charge in [0.25, 0.3) is 0 Å². The second kappa shape index (κ2) is 6.35. The Balaban J connectivity index is 2.54. The van der Waals surface area contributed by atoms with Crippen LogP contribution in [0, 0.1) is 6.92 Å². The molecule has 18 heavy (non-hydrogen) atoms. The molecule has 2 atom stereocenters. The molecule has 0 aliphatic heterocycles. The Labute approximate surface area is 112 Å². The SMILES string of the molecule is COC(C)(C)CC(C)N[C@@H](C)c1ccc(C)cc1. The highest BCUT2D eigenvalue weighted by Gasteiger charge is 2.21. The lowest BCUT2D eigenvalue weighted by Crippen LogP contribution is -2.36. The van der Waals surface area contributed by atoms with Gasteiger partial charge in [-0.15, -0.1) is 0 Å². The summed E-state index contributed by atoms with van der Waals surface area (Å²) in [4.78, 5) is 0. The molecule has 1 rings (SSSR count). The van der Waals surface area contributed by atoms with E-state index in [0.717, 1.165) is 6.42 Å². The lowest BCUT2D eigenvalue weighted by Gasteiger charge is -2.29. The van der Waals surface area contributed by atoms with E-state index in [1.807, 2.05) is 0 Å². The van der Waals surface area contributed by atoms with Gasteiger partial charge in [-0.1, -0.05) is 29.8 Å². The summed E-state index contributed by atoms with van der Waals surface area (Å²) < 4.78 is 5.47. The summed E-state index contributed by atoms with van der Waals surface area (Å²) in [5, 5.41) is 3.63. The minimum atomic E-state index is -0.0700. The monoisotopic (exact) mass is 249 g/mol. The van der Waals surface area contributed by atoms with E-state index in [1.165, 1.54) is 11.1 Å². The zero-order chi connectivity index (χ0) is 13.8. The van der Waals surface area contributed by atoms with E-state index in [1.54, 1.807) is 7.11 Å². The first-order valence-electron chi connectivity index (χ1n) is 6.72. The molecular formula is C16H27NO. The summed E-state index contributed by atoms with van der Waals surface area (Å²) in [7, 11) is 1.77. The normalized spacial score (nSPS) is 15.4. The molecule has 1 unspecified atom stereocenters. The van der Waals surface area contributed by atoms with Gasteiger partial charge in [0.1, 0.15) is 0 Å². The van der Waals surface area contributed by atoms with E-state index < -0.39 is 0 Å². The maximum Gasteiger partial charge on any atom is 0.0637 e. The molecule has 102 valence electrons. The van der Waals surface area contributed by atoms with Crippen LogP contribution in [0.5, 0.6) is 0 Å². The molecule has 0 aliphatic carbocycles. The first-order chi connectivity index (χ1) is 8.34. The first-order valence-corrected chi connectivity index (χ1v) is 6.72. The summed E-state index contributed by atoms with van der Waals surface area (Å²) in [6, 6.07) is 9.51. The van der Waals surface area contributed by atoms with Gasteiger partial charge in [-0.25, -0.2) is 0 Å². The second-order valence-electron chi connectivity index (χ2n) is 5.87. The van der Waals surface area contributed by atoms with Crippen LogP contribution in [0.2, 0.25) is 0 Å². The number of hydrogen-bond acceptors (Lipinski definition) is 2. The standard InChI is InChI=1S/C16H27NO/c1-12-7-9-15(10-8-12)14(3)17-13(2)11-16(4,5)18-6/h7-10,13-14,17H,11H2,1-6H3/t13?,14-/m0/s1. The number of benzene rings is 1.